The molecular formula is C22H25NO3. The van der Waals surface area contributed by atoms with E-state index in [4.69, 9.17) is 0 Å². The minimum absolute atomic E-state index is 0.00129. The fourth-order valence-corrected chi connectivity index (χ4v) is 3.88. The van der Waals surface area contributed by atoms with E-state index in [1.54, 1.807) is 6.92 Å². The number of amides is 1. The molecule has 1 fully saturated rings. The zero-order chi connectivity index (χ0) is 18.9. The van der Waals surface area contributed by atoms with Gasteiger partial charge in [0.2, 0.25) is 5.91 Å². The van der Waals surface area contributed by atoms with E-state index in [9.17, 15) is 14.7 Å². The number of hydrogen-bond acceptors (Lipinski definition) is 3. The summed E-state index contributed by atoms with van der Waals surface area (Å²) in [5.74, 6) is -1.64. The second-order valence-electron chi connectivity index (χ2n) is 7.65. The third-order valence-electron chi connectivity index (χ3n) is 5.11. The van der Waals surface area contributed by atoms with Gasteiger partial charge in [-0.05, 0) is 44.4 Å². The Morgan fingerprint density at radius 2 is 1.85 bits per heavy atom. The summed E-state index contributed by atoms with van der Waals surface area (Å²) in [4.78, 5) is 25.7. The second kappa shape index (κ2) is 7.04. The van der Waals surface area contributed by atoms with E-state index in [0.717, 1.165) is 22.4 Å². The van der Waals surface area contributed by atoms with Crippen LogP contribution in [-0.4, -0.2) is 22.4 Å². The Balaban J connectivity index is 1.91. The fourth-order valence-electron chi connectivity index (χ4n) is 3.88. The van der Waals surface area contributed by atoms with Crippen molar-refractivity contribution >= 4 is 17.4 Å². The Labute approximate surface area is 154 Å². The van der Waals surface area contributed by atoms with Crippen LogP contribution in [0.4, 0.5) is 5.69 Å². The number of hydrogen-bond donors (Lipinski definition) is 2. The van der Waals surface area contributed by atoms with Crippen LogP contribution in [0.15, 0.2) is 48.5 Å². The number of carbonyl (C=O) groups is 2. The van der Waals surface area contributed by atoms with Gasteiger partial charge in [-0.25, -0.2) is 0 Å². The summed E-state index contributed by atoms with van der Waals surface area (Å²) in [6.45, 7) is 5.60. The molecule has 26 heavy (non-hydrogen) atoms. The monoisotopic (exact) mass is 351 g/mol. The van der Waals surface area contributed by atoms with Crippen LogP contribution in [-0.2, 0) is 9.59 Å². The standard InChI is InChI=1S/C22H25NO3/c1-14-9-10-18(15(2)11-14)23-21(25)20-17(16-7-5-4-6-8-16)12-22(3,26)13-19(20)24/h4-11,17,20,26H,12-13H2,1-3H3,(H,23,25)/t17-,20+,22+/m0/s1. The highest BCUT2D eigenvalue weighted by Gasteiger charge is 2.46. The van der Waals surface area contributed by atoms with Gasteiger partial charge in [0.05, 0.1) is 5.60 Å². The Hall–Kier alpha value is -2.46. The molecule has 0 spiro atoms. The number of carbonyl (C=O) groups excluding carboxylic acids is 2. The highest BCUT2D eigenvalue weighted by Crippen LogP contribution is 2.41. The van der Waals surface area contributed by atoms with E-state index < -0.39 is 11.5 Å². The lowest BCUT2D eigenvalue weighted by molar-refractivity contribution is -0.140. The molecule has 3 atom stereocenters. The summed E-state index contributed by atoms with van der Waals surface area (Å²) in [5, 5.41) is 13.4. The van der Waals surface area contributed by atoms with E-state index in [-0.39, 0.29) is 24.0 Å². The molecule has 1 amide bonds. The van der Waals surface area contributed by atoms with Gasteiger partial charge in [0.1, 0.15) is 11.7 Å². The summed E-state index contributed by atoms with van der Waals surface area (Å²) in [5.41, 5.74) is 2.62. The molecule has 2 aromatic rings. The molecule has 136 valence electrons. The lowest BCUT2D eigenvalue weighted by Gasteiger charge is -2.38. The molecule has 4 heteroatoms. The lowest BCUT2D eigenvalue weighted by Crippen LogP contribution is -2.46. The number of ketones is 1. The first-order chi connectivity index (χ1) is 12.3. The van der Waals surface area contributed by atoms with Gasteiger partial charge in [-0.15, -0.1) is 0 Å². The molecule has 2 N–H and O–H groups in total. The number of aliphatic hydroxyl groups is 1. The van der Waals surface area contributed by atoms with Gasteiger partial charge in [0.25, 0.3) is 0 Å². The Morgan fingerprint density at radius 3 is 2.50 bits per heavy atom. The van der Waals surface area contributed by atoms with Crippen molar-refractivity contribution in [3.05, 3.63) is 65.2 Å². The van der Waals surface area contributed by atoms with Crippen LogP contribution in [0.1, 0.15) is 42.4 Å². The first-order valence-corrected chi connectivity index (χ1v) is 8.95. The number of Topliss-reactive ketones (excluding diaryl/α,β-unsaturated/α-hetero) is 1. The van der Waals surface area contributed by atoms with Crippen LogP contribution >= 0.6 is 0 Å². The minimum Gasteiger partial charge on any atom is -0.390 e. The number of rotatable bonds is 3. The Kier molecular flexibility index (Phi) is 4.97. The van der Waals surface area contributed by atoms with Crippen LogP contribution in [0.3, 0.4) is 0 Å². The molecular weight excluding hydrogens is 326 g/mol. The highest BCUT2D eigenvalue weighted by molar-refractivity contribution is 6.09. The predicted molar refractivity (Wildman–Crippen MR) is 102 cm³/mol. The Bertz CT molecular complexity index is 827. The van der Waals surface area contributed by atoms with Gasteiger partial charge >= 0.3 is 0 Å². The third-order valence-corrected chi connectivity index (χ3v) is 5.11. The van der Waals surface area contributed by atoms with Crippen molar-refractivity contribution in [2.45, 2.75) is 45.1 Å². The molecule has 0 aromatic heterocycles. The summed E-state index contributed by atoms with van der Waals surface area (Å²) in [6, 6.07) is 15.3. The van der Waals surface area contributed by atoms with Crippen molar-refractivity contribution < 1.29 is 14.7 Å². The van der Waals surface area contributed by atoms with Crippen LogP contribution in [0, 0.1) is 19.8 Å². The second-order valence-corrected chi connectivity index (χ2v) is 7.65. The topological polar surface area (TPSA) is 66.4 Å². The maximum absolute atomic E-state index is 13.0. The SMILES string of the molecule is Cc1ccc(NC(=O)[C@H]2C(=O)C[C@](C)(O)C[C@H]2c2ccccc2)c(C)c1. The molecule has 0 saturated heterocycles. The summed E-state index contributed by atoms with van der Waals surface area (Å²) < 4.78 is 0. The van der Waals surface area contributed by atoms with Crippen molar-refractivity contribution in [1.29, 1.82) is 0 Å². The van der Waals surface area contributed by atoms with Gasteiger partial charge in [0, 0.05) is 18.0 Å². The van der Waals surface area contributed by atoms with Crippen molar-refractivity contribution in [1.82, 2.24) is 0 Å². The third kappa shape index (κ3) is 3.86. The number of benzene rings is 2. The minimum atomic E-state index is -1.09. The summed E-state index contributed by atoms with van der Waals surface area (Å²) >= 11 is 0. The molecule has 0 radical (unpaired) electrons. The molecule has 0 heterocycles. The van der Waals surface area contributed by atoms with Crippen LogP contribution in [0.2, 0.25) is 0 Å². The quantitative estimate of drug-likeness (QED) is 0.828. The van der Waals surface area contributed by atoms with E-state index in [1.807, 2.05) is 62.4 Å². The van der Waals surface area contributed by atoms with Crippen molar-refractivity contribution in [2.75, 3.05) is 5.32 Å². The van der Waals surface area contributed by atoms with Gasteiger partial charge in [-0.2, -0.15) is 0 Å². The number of aryl methyl sites for hydroxylation is 2. The Morgan fingerprint density at radius 1 is 1.15 bits per heavy atom. The lowest BCUT2D eigenvalue weighted by atomic mass is 9.68. The van der Waals surface area contributed by atoms with E-state index in [0.29, 0.717) is 6.42 Å². The van der Waals surface area contributed by atoms with Crippen molar-refractivity contribution in [3.8, 4) is 0 Å². The summed E-state index contributed by atoms with van der Waals surface area (Å²) in [7, 11) is 0. The highest BCUT2D eigenvalue weighted by atomic mass is 16.3. The molecule has 1 aliphatic carbocycles. The van der Waals surface area contributed by atoms with Gasteiger partial charge < -0.3 is 10.4 Å². The maximum atomic E-state index is 13.0. The van der Waals surface area contributed by atoms with E-state index in [2.05, 4.69) is 5.32 Å². The average molecular weight is 351 g/mol. The van der Waals surface area contributed by atoms with Crippen LogP contribution in [0.5, 0.6) is 0 Å². The molecule has 1 saturated carbocycles. The average Bonchev–Trinajstić information content (AvgIpc) is 2.56. The fraction of sp³-hybridized carbons (Fsp3) is 0.364. The first kappa shape index (κ1) is 18.3. The molecule has 0 bridgehead atoms. The molecule has 3 rings (SSSR count). The normalized spacial score (nSPS) is 25.8. The molecule has 1 aliphatic rings. The van der Waals surface area contributed by atoms with Gasteiger partial charge in [0.15, 0.2) is 0 Å². The van der Waals surface area contributed by atoms with Gasteiger partial charge in [-0.1, -0.05) is 48.0 Å². The van der Waals surface area contributed by atoms with Crippen molar-refractivity contribution in [3.63, 3.8) is 0 Å². The smallest absolute Gasteiger partial charge is 0.235 e. The predicted octanol–water partition coefficient (Wildman–Crippen LogP) is 3.76. The maximum Gasteiger partial charge on any atom is 0.235 e. The van der Waals surface area contributed by atoms with E-state index >= 15 is 0 Å². The summed E-state index contributed by atoms with van der Waals surface area (Å²) in [6.07, 6.45) is 0.384. The largest absolute Gasteiger partial charge is 0.390 e. The number of anilines is 1. The first-order valence-electron chi connectivity index (χ1n) is 8.95. The number of nitrogens with one attached hydrogen (secondary N) is 1. The van der Waals surface area contributed by atoms with Crippen molar-refractivity contribution in [2.24, 2.45) is 5.92 Å². The zero-order valence-electron chi connectivity index (χ0n) is 15.5. The van der Waals surface area contributed by atoms with Crippen LogP contribution < -0.4 is 5.32 Å². The zero-order valence-corrected chi connectivity index (χ0v) is 15.5. The van der Waals surface area contributed by atoms with E-state index in [1.165, 1.54) is 0 Å². The van der Waals surface area contributed by atoms with Crippen LogP contribution in [0.25, 0.3) is 0 Å². The molecule has 0 unspecified atom stereocenters. The van der Waals surface area contributed by atoms with Gasteiger partial charge in [-0.3, -0.25) is 9.59 Å². The molecule has 2 aromatic carbocycles. The molecule has 0 aliphatic heterocycles. The molecule has 4 nitrogen and oxygen atoms in total.